The smallest absolute Gasteiger partial charge is 0.120 e. The molecule has 0 radical (unpaired) electrons. The van der Waals surface area contributed by atoms with Gasteiger partial charge in [0, 0.05) is 23.5 Å². The minimum atomic E-state index is 0.394. The molecule has 2 aromatic rings. The van der Waals surface area contributed by atoms with Crippen molar-refractivity contribution in [2.45, 2.75) is 26.3 Å². The summed E-state index contributed by atoms with van der Waals surface area (Å²) in [6, 6.07) is 16.7. The van der Waals surface area contributed by atoms with Crippen molar-refractivity contribution in [1.29, 1.82) is 0 Å². The highest BCUT2D eigenvalue weighted by molar-refractivity contribution is 5.66. The van der Waals surface area contributed by atoms with Gasteiger partial charge in [-0.2, -0.15) is 0 Å². The number of hydrogen-bond donors (Lipinski definition) is 0. The molecule has 0 fully saturated rings. The number of nitrogens with zero attached hydrogens (tertiary/aromatic N) is 1. The highest BCUT2D eigenvalue weighted by Crippen LogP contribution is 2.32. The molecule has 2 aromatic carbocycles. The minimum Gasteiger partial charge on any atom is -0.497 e. The first-order valence-corrected chi connectivity index (χ1v) is 7.27. The summed E-state index contributed by atoms with van der Waals surface area (Å²) in [7, 11) is 3.38. The Balaban J connectivity index is 2.41. The molecule has 0 amide bonds. The standard InChI is InChI=1S/C18H23NO2/c1-5-14(2)19(15-9-11-17(20-3)12-10-15)16-7-6-8-18(13-16)21-4/h6-14H,5H2,1-4H3. The van der Waals surface area contributed by atoms with E-state index in [2.05, 4.69) is 43.0 Å². The van der Waals surface area contributed by atoms with Crippen molar-refractivity contribution in [3.8, 4) is 11.5 Å². The van der Waals surface area contributed by atoms with Gasteiger partial charge >= 0.3 is 0 Å². The molecule has 0 bridgehead atoms. The highest BCUT2D eigenvalue weighted by atomic mass is 16.5. The molecule has 0 heterocycles. The van der Waals surface area contributed by atoms with Gasteiger partial charge in [-0.05, 0) is 49.7 Å². The first-order valence-electron chi connectivity index (χ1n) is 7.27. The topological polar surface area (TPSA) is 21.7 Å². The number of methoxy groups -OCH3 is 2. The van der Waals surface area contributed by atoms with E-state index in [4.69, 9.17) is 9.47 Å². The van der Waals surface area contributed by atoms with Crippen molar-refractivity contribution in [3.05, 3.63) is 48.5 Å². The third-order valence-electron chi connectivity index (χ3n) is 3.71. The third-order valence-corrected chi connectivity index (χ3v) is 3.71. The number of benzene rings is 2. The summed E-state index contributed by atoms with van der Waals surface area (Å²) >= 11 is 0. The van der Waals surface area contributed by atoms with Crippen LogP contribution < -0.4 is 14.4 Å². The summed E-state index contributed by atoms with van der Waals surface area (Å²) in [5, 5.41) is 0. The molecule has 1 unspecified atom stereocenters. The second kappa shape index (κ2) is 7.02. The number of ether oxygens (including phenoxy) is 2. The average Bonchev–Trinajstić information content (AvgIpc) is 2.55. The van der Waals surface area contributed by atoms with Crippen LogP contribution in [0.25, 0.3) is 0 Å². The molecule has 3 heteroatoms. The normalized spacial score (nSPS) is 11.8. The Morgan fingerprint density at radius 2 is 1.57 bits per heavy atom. The van der Waals surface area contributed by atoms with E-state index in [-0.39, 0.29) is 0 Å². The van der Waals surface area contributed by atoms with Crippen LogP contribution in [0.5, 0.6) is 11.5 Å². The van der Waals surface area contributed by atoms with E-state index in [0.29, 0.717) is 6.04 Å². The lowest BCUT2D eigenvalue weighted by Gasteiger charge is -2.31. The summed E-state index contributed by atoms with van der Waals surface area (Å²) in [6.07, 6.45) is 1.06. The maximum Gasteiger partial charge on any atom is 0.120 e. The molecule has 0 aliphatic carbocycles. The molecule has 112 valence electrons. The van der Waals surface area contributed by atoms with Gasteiger partial charge in [-0.1, -0.05) is 13.0 Å². The van der Waals surface area contributed by atoms with Crippen molar-refractivity contribution < 1.29 is 9.47 Å². The second-order valence-electron chi connectivity index (χ2n) is 5.03. The van der Waals surface area contributed by atoms with Crippen LogP contribution in [0, 0.1) is 0 Å². The Morgan fingerprint density at radius 1 is 0.905 bits per heavy atom. The maximum atomic E-state index is 5.34. The molecule has 1 atom stereocenters. The second-order valence-corrected chi connectivity index (χ2v) is 5.03. The van der Waals surface area contributed by atoms with Crippen LogP contribution in [-0.2, 0) is 0 Å². The quantitative estimate of drug-likeness (QED) is 0.771. The van der Waals surface area contributed by atoms with Gasteiger partial charge in [-0.25, -0.2) is 0 Å². The largest absolute Gasteiger partial charge is 0.497 e. The summed E-state index contributed by atoms with van der Waals surface area (Å²) < 4.78 is 10.6. The fourth-order valence-electron chi connectivity index (χ4n) is 2.34. The zero-order valence-corrected chi connectivity index (χ0v) is 13.2. The fraction of sp³-hybridized carbons (Fsp3) is 0.333. The predicted molar refractivity (Wildman–Crippen MR) is 87.9 cm³/mol. The van der Waals surface area contributed by atoms with E-state index in [1.165, 1.54) is 0 Å². The molecule has 0 aliphatic heterocycles. The van der Waals surface area contributed by atoms with Crippen LogP contribution in [0.2, 0.25) is 0 Å². The molecule has 0 saturated heterocycles. The lowest BCUT2D eigenvalue weighted by molar-refractivity contribution is 0.414. The molecular weight excluding hydrogens is 262 g/mol. The minimum absolute atomic E-state index is 0.394. The average molecular weight is 285 g/mol. The van der Waals surface area contributed by atoms with Gasteiger partial charge in [-0.3, -0.25) is 0 Å². The zero-order chi connectivity index (χ0) is 15.2. The Morgan fingerprint density at radius 3 is 2.14 bits per heavy atom. The summed E-state index contributed by atoms with van der Waals surface area (Å²) in [5.74, 6) is 1.74. The maximum absolute atomic E-state index is 5.34. The zero-order valence-electron chi connectivity index (χ0n) is 13.2. The fourth-order valence-corrected chi connectivity index (χ4v) is 2.34. The van der Waals surface area contributed by atoms with E-state index in [1.807, 2.05) is 24.3 Å². The number of anilines is 2. The summed E-state index contributed by atoms with van der Waals surface area (Å²) in [4.78, 5) is 2.32. The molecular formula is C18H23NO2. The van der Waals surface area contributed by atoms with Gasteiger partial charge in [0.1, 0.15) is 11.5 Å². The highest BCUT2D eigenvalue weighted by Gasteiger charge is 2.16. The van der Waals surface area contributed by atoms with E-state index >= 15 is 0 Å². The van der Waals surface area contributed by atoms with E-state index < -0.39 is 0 Å². The molecule has 2 rings (SSSR count). The van der Waals surface area contributed by atoms with Gasteiger partial charge in [-0.15, -0.1) is 0 Å². The van der Waals surface area contributed by atoms with Gasteiger partial charge in [0.05, 0.1) is 14.2 Å². The van der Waals surface area contributed by atoms with Gasteiger partial charge < -0.3 is 14.4 Å². The summed E-state index contributed by atoms with van der Waals surface area (Å²) in [6.45, 7) is 4.42. The number of hydrogen-bond acceptors (Lipinski definition) is 3. The molecule has 21 heavy (non-hydrogen) atoms. The van der Waals surface area contributed by atoms with E-state index in [0.717, 1.165) is 29.3 Å². The monoisotopic (exact) mass is 285 g/mol. The lowest BCUT2D eigenvalue weighted by Crippen LogP contribution is -2.27. The van der Waals surface area contributed by atoms with Crippen molar-refractivity contribution >= 4 is 11.4 Å². The van der Waals surface area contributed by atoms with Crippen LogP contribution in [0.1, 0.15) is 20.3 Å². The van der Waals surface area contributed by atoms with Crippen molar-refractivity contribution in [3.63, 3.8) is 0 Å². The first kappa shape index (κ1) is 15.2. The molecule has 3 nitrogen and oxygen atoms in total. The Labute approximate surface area is 127 Å². The number of rotatable bonds is 6. The van der Waals surface area contributed by atoms with Crippen LogP contribution in [0.3, 0.4) is 0 Å². The van der Waals surface area contributed by atoms with Gasteiger partial charge in [0.2, 0.25) is 0 Å². The van der Waals surface area contributed by atoms with Crippen LogP contribution in [-0.4, -0.2) is 20.3 Å². The third kappa shape index (κ3) is 3.48. The molecule has 0 N–H and O–H groups in total. The first-order chi connectivity index (χ1) is 10.2. The Bertz CT molecular complexity index is 566. The predicted octanol–water partition coefficient (Wildman–Crippen LogP) is 4.64. The van der Waals surface area contributed by atoms with Crippen molar-refractivity contribution in [1.82, 2.24) is 0 Å². The summed E-state index contributed by atoms with van der Waals surface area (Å²) in [5.41, 5.74) is 2.28. The van der Waals surface area contributed by atoms with Crippen molar-refractivity contribution in [2.24, 2.45) is 0 Å². The SMILES string of the molecule is CCC(C)N(c1ccc(OC)cc1)c1cccc(OC)c1. The van der Waals surface area contributed by atoms with Crippen LogP contribution in [0.4, 0.5) is 11.4 Å². The van der Waals surface area contributed by atoms with Crippen LogP contribution in [0.15, 0.2) is 48.5 Å². The van der Waals surface area contributed by atoms with Gasteiger partial charge in [0.25, 0.3) is 0 Å². The lowest BCUT2D eigenvalue weighted by atomic mass is 10.1. The van der Waals surface area contributed by atoms with Crippen molar-refractivity contribution in [2.75, 3.05) is 19.1 Å². The molecule has 0 saturated carbocycles. The molecule has 0 spiro atoms. The van der Waals surface area contributed by atoms with E-state index in [1.54, 1.807) is 14.2 Å². The molecule has 0 aliphatic rings. The van der Waals surface area contributed by atoms with Crippen LogP contribution >= 0.6 is 0 Å². The Kier molecular flexibility index (Phi) is 5.09. The van der Waals surface area contributed by atoms with Gasteiger partial charge in [0.15, 0.2) is 0 Å². The van der Waals surface area contributed by atoms with E-state index in [9.17, 15) is 0 Å². The Hall–Kier alpha value is -2.16. The molecule has 0 aromatic heterocycles.